The highest BCUT2D eigenvalue weighted by atomic mass is 35.5. The smallest absolute Gasteiger partial charge is 0.450 e. The zero-order valence-corrected chi connectivity index (χ0v) is 12.4. The van der Waals surface area contributed by atoms with Gasteiger partial charge in [-0.2, -0.15) is 0 Å². The van der Waals surface area contributed by atoms with E-state index >= 15 is 0 Å². The summed E-state index contributed by atoms with van der Waals surface area (Å²) < 4.78 is 14.5. The van der Waals surface area contributed by atoms with E-state index in [4.69, 9.17) is 26.2 Å². The third-order valence-electron chi connectivity index (χ3n) is 2.42. The van der Waals surface area contributed by atoms with Gasteiger partial charge < -0.3 is 24.1 Å². The molecule has 8 nitrogen and oxygen atoms in total. The minimum absolute atomic E-state index is 0.108. The van der Waals surface area contributed by atoms with E-state index in [-0.39, 0.29) is 11.1 Å². The van der Waals surface area contributed by atoms with Gasteiger partial charge in [-0.3, -0.25) is 0 Å². The number of ether oxygens (including phenoxy) is 2. The number of benzene rings is 1. The van der Waals surface area contributed by atoms with Crippen LogP contribution in [0.5, 0.6) is 0 Å². The number of fused-ring (bicyclic) bond motifs is 1. The van der Waals surface area contributed by atoms with E-state index in [0.717, 1.165) is 11.8 Å². The standard InChI is InChI=1S/C12H10ClNO7S/c13-5-8(20-11(15)16)9(21-12(17)18)22-10-14-6-3-1-2-4-7(6)19-10/h1-4,8-9H,5H2,(H,15,16)(H,17,18). The van der Waals surface area contributed by atoms with Crippen molar-refractivity contribution in [1.29, 1.82) is 0 Å². The molecule has 2 aromatic rings. The third kappa shape index (κ3) is 4.18. The molecule has 0 amide bonds. The van der Waals surface area contributed by atoms with Crippen LogP contribution >= 0.6 is 23.4 Å². The van der Waals surface area contributed by atoms with Gasteiger partial charge in [0.15, 0.2) is 17.1 Å². The second-order valence-electron chi connectivity index (χ2n) is 3.89. The molecule has 1 aromatic carbocycles. The van der Waals surface area contributed by atoms with E-state index in [1.165, 1.54) is 0 Å². The Morgan fingerprint density at radius 2 is 1.95 bits per heavy atom. The van der Waals surface area contributed by atoms with Crippen molar-refractivity contribution in [2.24, 2.45) is 0 Å². The van der Waals surface area contributed by atoms with Crippen LogP contribution in [-0.2, 0) is 9.47 Å². The van der Waals surface area contributed by atoms with Crippen molar-refractivity contribution in [2.75, 3.05) is 5.88 Å². The predicted molar refractivity (Wildman–Crippen MR) is 76.4 cm³/mol. The molecule has 0 spiro atoms. The summed E-state index contributed by atoms with van der Waals surface area (Å²) in [6, 6.07) is 6.91. The maximum atomic E-state index is 10.7. The van der Waals surface area contributed by atoms with Gasteiger partial charge in [0.25, 0.3) is 5.22 Å². The molecule has 22 heavy (non-hydrogen) atoms. The third-order valence-corrected chi connectivity index (χ3v) is 3.73. The number of nitrogens with zero attached hydrogens (tertiary/aromatic N) is 1. The van der Waals surface area contributed by atoms with Crippen LogP contribution in [0.4, 0.5) is 9.59 Å². The lowest BCUT2D eigenvalue weighted by atomic mass is 10.3. The van der Waals surface area contributed by atoms with E-state index in [1.807, 2.05) is 0 Å². The van der Waals surface area contributed by atoms with Gasteiger partial charge in [0.05, 0.1) is 5.88 Å². The fourth-order valence-corrected chi connectivity index (χ4v) is 2.82. The minimum Gasteiger partial charge on any atom is -0.450 e. The zero-order valence-electron chi connectivity index (χ0n) is 10.8. The van der Waals surface area contributed by atoms with Crippen molar-refractivity contribution in [1.82, 2.24) is 4.98 Å². The Labute approximate surface area is 133 Å². The molecule has 10 heteroatoms. The fraction of sp³-hybridized carbons (Fsp3) is 0.250. The van der Waals surface area contributed by atoms with E-state index in [9.17, 15) is 9.59 Å². The van der Waals surface area contributed by atoms with Crippen molar-refractivity contribution in [3.05, 3.63) is 24.3 Å². The predicted octanol–water partition coefficient (Wildman–Crippen LogP) is 3.24. The van der Waals surface area contributed by atoms with Crippen molar-refractivity contribution in [3.8, 4) is 0 Å². The first-order chi connectivity index (χ1) is 10.5. The van der Waals surface area contributed by atoms with Gasteiger partial charge in [-0.25, -0.2) is 14.6 Å². The van der Waals surface area contributed by atoms with Gasteiger partial charge in [-0.05, 0) is 23.9 Å². The Morgan fingerprint density at radius 3 is 2.55 bits per heavy atom. The number of carbonyl (C=O) groups is 2. The second-order valence-corrected chi connectivity index (χ2v) is 5.25. The van der Waals surface area contributed by atoms with Crippen molar-refractivity contribution in [2.45, 2.75) is 16.8 Å². The Hall–Kier alpha value is -2.13. The summed E-state index contributed by atoms with van der Waals surface area (Å²) >= 11 is 6.37. The number of halogens is 1. The van der Waals surface area contributed by atoms with Crippen LogP contribution in [0, 0.1) is 0 Å². The van der Waals surface area contributed by atoms with E-state index in [1.54, 1.807) is 24.3 Å². The largest absolute Gasteiger partial charge is 0.507 e. The van der Waals surface area contributed by atoms with E-state index < -0.39 is 23.9 Å². The average Bonchev–Trinajstić information content (AvgIpc) is 2.85. The monoisotopic (exact) mass is 347 g/mol. The molecule has 2 rings (SSSR count). The molecular weight excluding hydrogens is 338 g/mol. The molecule has 0 fully saturated rings. The van der Waals surface area contributed by atoms with Crippen LogP contribution in [0.2, 0.25) is 0 Å². The molecule has 2 N–H and O–H groups in total. The van der Waals surface area contributed by atoms with Crippen molar-refractivity contribution >= 4 is 46.8 Å². The highest BCUT2D eigenvalue weighted by molar-refractivity contribution is 7.99. The molecule has 0 bridgehead atoms. The molecule has 0 aliphatic carbocycles. The summed E-state index contributed by atoms with van der Waals surface area (Å²) in [5.41, 5.74) is -0.180. The van der Waals surface area contributed by atoms with Crippen LogP contribution in [0.1, 0.15) is 0 Å². The second kappa shape index (κ2) is 7.23. The number of para-hydroxylation sites is 2. The Balaban J connectivity index is 2.20. The first-order valence-electron chi connectivity index (χ1n) is 5.87. The maximum Gasteiger partial charge on any atom is 0.507 e. The topological polar surface area (TPSA) is 119 Å². The summed E-state index contributed by atoms with van der Waals surface area (Å²) in [7, 11) is 0. The van der Waals surface area contributed by atoms with E-state index in [0.29, 0.717) is 11.1 Å². The normalized spacial score (nSPS) is 13.5. The molecule has 2 atom stereocenters. The van der Waals surface area contributed by atoms with Gasteiger partial charge >= 0.3 is 12.3 Å². The highest BCUT2D eigenvalue weighted by Gasteiger charge is 2.31. The van der Waals surface area contributed by atoms with Gasteiger partial charge in [0.2, 0.25) is 0 Å². The molecule has 2 unspecified atom stereocenters. The SMILES string of the molecule is O=C(O)OC(CCl)C(OC(=O)O)Sc1nc2ccccc2o1. The first-order valence-corrected chi connectivity index (χ1v) is 7.28. The number of hydrogen-bond donors (Lipinski definition) is 2. The minimum atomic E-state index is -1.60. The summed E-state index contributed by atoms with van der Waals surface area (Å²) in [6.45, 7) is 0. The fourth-order valence-electron chi connectivity index (χ4n) is 1.57. The van der Waals surface area contributed by atoms with Gasteiger partial charge in [-0.15, -0.1) is 11.6 Å². The summed E-state index contributed by atoms with van der Waals surface area (Å²) in [5, 5.41) is 17.5. The highest BCUT2D eigenvalue weighted by Crippen LogP contribution is 2.30. The zero-order chi connectivity index (χ0) is 16.1. The quantitative estimate of drug-likeness (QED) is 0.351. The number of aromatic nitrogens is 1. The molecule has 0 saturated heterocycles. The molecule has 0 saturated carbocycles. The molecule has 1 heterocycles. The van der Waals surface area contributed by atoms with Crippen LogP contribution in [0.15, 0.2) is 33.9 Å². The number of carboxylic acid groups (broad SMARTS) is 2. The van der Waals surface area contributed by atoms with E-state index in [2.05, 4.69) is 14.5 Å². The Morgan fingerprint density at radius 1 is 1.27 bits per heavy atom. The molecule has 0 aliphatic rings. The van der Waals surface area contributed by atoms with Crippen LogP contribution in [-0.4, -0.2) is 44.9 Å². The lowest BCUT2D eigenvalue weighted by molar-refractivity contribution is 0.000821. The molecular formula is C12H10ClNO7S. The first kappa shape index (κ1) is 16.2. The Kier molecular flexibility index (Phi) is 5.34. The Bertz CT molecular complexity index is 643. The summed E-state index contributed by atoms with van der Waals surface area (Å²) in [6.07, 6.45) is -4.41. The lowest BCUT2D eigenvalue weighted by Gasteiger charge is -2.21. The van der Waals surface area contributed by atoms with Crippen LogP contribution in [0.25, 0.3) is 11.1 Å². The van der Waals surface area contributed by atoms with Crippen LogP contribution in [0.3, 0.4) is 0 Å². The van der Waals surface area contributed by atoms with Crippen molar-refractivity contribution < 1.29 is 33.7 Å². The van der Waals surface area contributed by atoms with Crippen molar-refractivity contribution in [3.63, 3.8) is 0 Å². The number of alkyl halides is 1. The molecule has 118 valence electrons. The number of rotatable bonds is 6. The number of hydrogen-bond acceptors (Lipinski definition) is 7. The molecule has 0 aliphatic heterocycles. The average molecular weight is 348 g/mol. The van der Waals surface area contributed by atoms with Gasteiger partial charge in [-0.1, -0.05) is 12.1 Å². The van der Waals surface area contributed by atoms with Gasteiger partial charge in [0, 0.05) is 0 Å². The lowest BCUT2D eigenvalue weighted by Crippen LogP contribution is -2.33. The summed E-state index contributed by atoms with van der Waals surface area (Å²) in [5.74, 6) is -0.294. The number of thioether (sulfide) groups is 1. The summed E-state index contributed by atoms with van der Waals surface area (Å²) in [4.78, 5) is 25.5. The maximum absolute atomic E-state index is 10.7. The van der Waals surface area contributed by atoms with Gasteiger partial charge in [0.1, 0.15) is 5.52 Å². The molecule has 1 aromatic heterocycles. The molecule has 0 radical (unpaired) electrons. The van der Waals surface area contributed by atoms with Crippen LogP contribution < -0.4 is 0 Å². The number of oxazole rings is 1.